The highest BCUT2D eigenvalue weighted by atomic mass is 35.5. The number of rotatable bonds is 2. The van der Waals surface area contributed by atoms with Gasteiger partial charge in [-0.25, -0.2) is 9.97 Å². The Bertz CT molecular complexity index is 744. The maximum Gasteiger partial charge on any atom is 0.255 e. The largest absolute Gasteiger partial charge is 0.310 e. The van der Waals surface area contributed by atoms with E-state index in [4.69, 9.17) is 23.2 Å². The van der Waals surface area contributed by atoms with Gasteiger partial charge >= 0.3 is 0 Å². The van der Waals surface area contributed by atoms with E-state index in [9.17, 15) is 4.79 Å². The molecule has 0 unspecified atom stereocenters. The smallest absolute Gasteiger partial charge is 0.255 e. The maximum absolute atomic E-state index is 12.0. The third-order valence-electron chi connectivity index (χ3n) is 3.54. The lowest BCUT2D eigenvalue weighted by atomic mass is 10.1. The van der Waals surface area contributed by atoms with Gasteiger partial charge in [-0.1, -0.05) is 23.2 Å². The van der Waals surface area contributed by atoms with Crippen molar-refractivity contribution in [3.8, 4) is 0 Å². The van der Waals surface area contributed by atoms with Crippen molar-refractivity contribution >= 4 is 23.2 Å². The second-order valence-electron chi connectivity index (χ2n) is 5.14. The van der Waals surface area contributed by atoms with E-state index in [1.54, 1.807) is 6.92 Å². The SMILES string of the molecule is Cc1nc2c(c(=O)[nH]1)CN(Cc1cc(Cl)cnc1Cl)CC2. The van der Waals surface area contributed by atoms with Crippen LogP contribution in [0.2, 0.25) is 10.2 Å². The fourth-order valence-electron chi connectivity index (χ4n) is 2.56. The highest BCUT2D eigenvalue weighted by molar-refractivity contribution is 6.32. The molecule has 1 N–H and O–H groups in total. The van der Waals surface area contributed by atoms with Crippen molar-refractivity contribution in [1.29, 1.82) is 0 Å². The monoisotopic (exact) mass is 324 g/mol. The number of H-pyrrole nitrogens is 1. The molecule has 110 valence electrons. The predicted molar refractivity (Wildman–Crippen MR) is 81.7 cm³/mol. The summed E-state index contributed by atoms with van der Waals surface area (Å²) in [5.74, 6) is 0.661. The summed E-state index contributed by atoms with van der Waals surface area (Å²) < 4.78 is 0. The average Bonchev–Trinajstić information content (AvgIpc) is 2.43. The molecule has 0 saturated heterocycles. The third kappa shape index (κ3) is 3.10. The molecule has 1 aliphatic rings. The first-order chi connectivity index (χ1) is 10.0. The van der Waals surface area contributed by atoms with Crippen molar-refractivity contribution in [3.05, 3.63) is 55.4 Å². The van der Waals surface area contributed by atoms with E-state index < -0.39 is 0 Å². The summed E-state index contributed by atoms with van der Waals surface area (Å²) in [5.41, 5.74) is 2.43. The van der Waals surface area contributed by atoms with Gasteiger partial charge in [-0.3, -0.25) is 9.69 Å². The molecule has 0 aliphatic carbocycles. The van der Waals surface area contributed by atoms with E-state index in [0.29, 0.717) is 29.1 Å². The Hall–Kier alpha value is -1.43. The van der Waals surface area contributed by atoms with Crippen LogP contribution >= 0.6 is 23.2 Å². The van der Waals surface area contributed by atoms with Crippen LogP contribution in [0.15, 0.2) is 17.1 Å². The molecule has 5 nitrogen and oxygen atoms in total. The molecule has 1 aliphatic heterocycles. The van der Waals surface area contributed by atoms with E-state index in [2.05, 4.69) is 19.9 Å². The number of hydrogen-bond acceptors (Lipinski definition) is 4. The number of nitrogens with one attached hydrogen (secondary N) is 1. The molecule has 2 aromatic heterocycles. The summed E-state index contributed by atoms with van der Waals surface area (Å²) in [6, 6.07) is 1.81. The molecule has 21 heavy (non-hydrogen) atoms. The molecular formula is C14H14Cl2N4O. The van der Waals surface area contributed by atoms with Crippen LogP contribution in [0.5, 0.6) is 0 Å². The number of aryl methyl sites for hydroxylation is 1. The minimum atomic E-state index is -0.0579. The normalized spacial score (nSPS) is 15.0. The van der Waals surface area contributed by atoms with Gasteiger partial charge in [0.15, 0.2) is 0 Å². The van der Waals surface area contributed by atoms with Gasteiger partial charge in [0, 0.05) is 37.8 Å². The quantitative estimate of drug-likeness (QED) is 0.861. The first-order valence-corrected chi connectivity index (χ1v) is 7.39. The zero-order valence-corrected chi connectivity index (χ0v) is 13.0. The van der Waals surface area contributed by atoms with Crippen molar-refractivity contribution in [2.24, 2.45) is 0 Å². The van der Waals surface area contributed by atoms with Crippen LogP contribution in [0.25, 0.3) is 0 Å². The van der Waals surface area contributed by atoms with Crippen LogP contribution in [0.1, 0.15) is 22.6 Å². The van der Waals surface area contributed by atoms with Gasteiger partial charge < -0.3 is 4.98 Å². The number of hydrogen-bond donors (Lipinski definition) is 1. The van der Waals surface area contributed by atoms with Crippen LogP contribution in [0, 0.1) is 6.92 Å². The van der Waals surface area contributed by atoms with Crippen LogP contribution in [-0.4, -0.2) is 26.4 Å². The van der Waals surface area contributed by atoms with Gasteiger partial charge in [0.25, 0.3) is 5.56 Å². The van der Waals surface area contributed by atoms with Gasteiger partial charge in [0.2, 0.25) is 0 Å². The Balaban J connectivity index is 1.83. The summed E-state index contributed by atoms with van der Waals surface area (Å²) >= 11 is 12.0. The minimum absolute atomic E-state index is 0.0579. The molecule has 3 heterocycles. The number of halogens is 2. The summed E-state index contributed by atoms with van der Waals surface area (Å²) in [5, 5.41) is 1.00. The highest BCUT2D eigenvalue weighted by Gasteiger charge is 2.21. The Morgan fingerprint density at radius 3 is 3.05 bits per heavy atom. The van der Waals surface area contributed by atoms with E-state index >= 15 is 0 Å². The van der Waals surface area contributed by atoms with E-state index in [1.807, 2.05) is 6.07 Å². The molecule has 0 atom stereocenters. The van der Waals surface area contributed by atoms with E-state index in [0.717, 1.165) is 29.8 Å². The van der Waals surface area contributed by atoms with Crippen molar-refractivity contribution in [1.82, 2.24) is 19.9 Å². The van der Waals surface area contributed by atoms with Gasteiger partial charge in [-0.15, -0.1) is 0 Å². The summed E-state index contributed by atoms with van der Waals surface area (Å²) in [7, 11) is 0. The van der Waals surface area contributed by atoms with Gasteiger partial charge in [-0.2, -0.15) is 0 Å². The third-order valence-corrected chi connectivity index (χ3v) is 4.09. The Labute approximate surface area is 131 Å². The molecule has 0 radical (unpaired) electrons. The van der Waals surface area contributed by atoms with Crippen LogP contribution in [0.4, 0.5) is 0 Å². The molecule has 2 aromatic rings. The summed E-state index contributed by atoms with van der Waals surface area (Å²) in [6.45, 7) is 3.79. The molecule has 0 saturated carbocycles. The molecule has 0 aromatic carbocycles. The lowest BCUT2D eigenvalue weighted by Crippen LogP contribution is -2.35. The first kappa shape index (κ1) is 14.5. The topological polar surface area (TPSA) is 61.9 Å². The number of fused-ring (bicyclic) bond motifs is 1. The second kappa shape index (κ2) is 5.75. The summed E-state index contributed by atoms with van der Waals surface area (Å²) in [6.07, 6.45) is 2.28. The fraction of sp³-hybridized carbons (Fsp3) is 0.357. The zero-order valence-electron chi connectivity index (χ0n) is 11.5. The van der Waals surface area contributed by atoms with E-state index in [-0.39, 0.29) is 5.56 Å². The minimum Gasteiger partial charge on any atom is -0.310 e. The lowest BCUT2D eigenvalue weighted by Gasteiger charge is -2.27. The molecule has 7 heteroatoms. The molecular weight excluding hydrogens is 311 g/mol. The number of pyridine rings is 1. The fourth-order valence-corrected chi connectivity index (χ4v) is 2.90. The Kier molecular flexibility index (Phi) is 3.97. The molecule has 0 fully saturated rings. The van der Waals surface area contributed by atoms with Crippen LogP contribution < -0.4 is 5.56 Å². The summed E-state index contributed by atoms with van der Waals surface area (Å²) in [4.78, 5) is 25.4. The molecule has 0 amide bonds. The van der Waals surface area contributed by atoms with E-state index in [1.165, 1.54) is 6.20 Å². The van der Waals surface area contributed by atoms with Crippen LogP contribution in [0.3, 0.4) is 0 Å². The van der Waals surface area contributed by atoms with Crippen molar-refractivity contribution in [3.63, 3.8) is 0 Å². The van der Waals surface area contributed by atoms with Crippen molar-refractivity contribution in [2.45, 2.75) is 26.4 Å². The maximum atomic E-state index is 12.0. The van der Waals surface area contributed by atoms with Gasteiger partial charge in [0.1, 0.15) is 11.0 Å². The second-order valence-corrected chi connectivity index (χ2v) is 5.94. The first-order valence-electron chi connectivity index (χ1n) is 6.64. The Morgan fingerprint density at radius 2 is 2.24 bits per heavy atom. The van der Waals surface area contributed by atoms with Gasteiger partial charge in [-0.05, 0) is 13.0 Å². The number of aromatic nitrogens is 3. The number of nitrogens with zero attached hydrogens (tertiary/aromatic N) is 3. The lowest BCUT2D eigenvalue weighted by molar-refractivity contribution is 0.241. The molecule has 3 rings (SSSR count). The average molecular weight is 325 g/mol. The predicted octanol–water partition coefficient (Wildman–Crippen LogP) is 2.34. The molecule has 0 bridgehead atoms. The van der Waals surface area contributed by atoms with Crippen LogP contribution in [-0.2, 0) is 19.5 Å². The zero-order chi connectivity index (χ0) is 15.0. The number of aromatic amines is 1. The molecule has 0 spiro atoms. The standard InChI is InChI=1S/C14H14Cl2N4O/c1-8-18-12-2-3-20(7-11(12)14(21)19-8)6-9-4-10(15)5-17-13(9)16/h4-5H,2-3,6-7H2,1H3,(H,18,19,21). The van der Waals surface area contributed by atoms with Crippen molar-refractivity contribution < 1.29 is 0 Å². The van der Waals surface area contributed by atoms with Gasteiger partial charge in [0.05, 0.1) is 16.3 Å². The highest BCUT2D eigenvalue weighted by Crippen LogP contribution is 2.22. The van der Waals surface area contributed by atoms with Crippen molar-refractivity contribution in [2.75, 3.05) is 6.54 Å². The Morgan fingerprint density at radius 1 is 1.43 bits per heavy atom.